The van der Waals surface area contributed by atoms with Crippen molar-refractivity contribution in [2.24, 2.45) is 0 Å². The molecular weight excluding hydrogens is 318 g/mol. The second kappa shape index (κ2) is 6.72. The quantitative estimate of drug-likeness (QED) is 0.656. The maximum absolute atomic E-state index is 5.26. The number of rotatable bonds is 4. The van der Waals surface area contributed by atoms with Crippen molar-refractivity contribution in [2.45, 2.75) is 18.4 Å². The summed E-state index contributed by atoms with van der Waals surface area (Å²) in [5, 5.41) is 6.22. The second-order valence-corrected chi connectivity index (χ2v) is 6.94. The molecule has 3 aromatic carbocycles. The molecule has 1 aliphatic rings. The molecule has 0 spiro atoms. The Morgan fingerprint density at radius 1 is 0.885 bits per heavy atom. The highest BCUT2D eigenvalue weighted by Gasteiger charge is 2.33. The van der Waals surface area contributed by atoms with Crippen molar-refractivity contribution in [3.63, 3.8) is 0 Å². The summed E-state index contributed by atoms with van der Waals surface area (Å²) in [4.78, 5) is 0. The van der Waals surface area contributed by atoms with Gasteiger partial charge in [-0.25, -0.2) is 0 Å². The first-order valence-corrected chi connectivity index (χ1v) is 8.95. The molecule has 2 atom stereocenters. The van der Waals surface area contributed by atoms with Crippen LogP contribution < -0.4 is 10.1 Å². The van der Waals surface area contributed by atoms with Crippen molar-refractivity contribution in [3.05, 3.63) is 96.6 Å². The lowest BCUT2D eigenvalue weighted by Gasteiger charge is -2.37. The molecule has 0 saturated carbocycles. The summed E-state index contributed by atoms with van der Waals surface area (Å²) in [5.74, 6) is 0.868. The molecule has 0 radical (unpaired) electrons. The normalized spacial score (nSPS) is 21.7. The van der Waals surface area contributed by atoms with Gasteiger partial charge in [-0.15, -0.1) is 0 Å². The fourth-order valence-corrected chi connectivity index (χ4v) is 3.60. The van der Waals surface area contributed by atoms with Crippen LogP contribution in [0, 0.1) is 0 Å². The molecule has 1 aliphatic carbocycles. The van der Waals surface area contributed by atoms with Crippen molar-refractivity contribution in [3.8, 4) is 5.75 Å². The zero-order valence-corrected chi connectivity index (χ0v) is 15.1. The molecular formula is C24H23NO. The van der Waals surface area contributed by atoms with Crippen LogP contribution >= 0.6 is 0 Å². The zero-order valence-electron chi connectivity index (χ0n) is 15.1. The van der Waals surface area contributed by atoms with Crippen molar-refractivity contribution >= 4 is 16.5 Å². The molecule has 0 fully saturated rings. The second-order valence-electron chi connectivity index (χ2n) is 6.94. The average Bonchev–Trinajstić information content (AvgIpc) is 2.70. The van der Waals surface area contributed by atoms with Gasteiger partial charge in [-0.1, -0.05) is 66.8 Å². The van der Waals surface area contributed by atoms with Crippen LogP contribution in [0.4, 0.5) is 5.69 Å². The molecule has 3 aromatic rings. The summed E-state index contributed by atoms with van der Waals surface area (Å²) in [6.45, 7) is 2.29. The minimum Gasteiger partial charge on any atom is -0.497 e. The average molecular weight is 341 g/mol. The number of benzene rings is 3. The van der Waals surface area contributed by atoms with Gasteiger partial charge in [0.1, 0.15) is 5.75 Å². The minimum atomic E-state index is -0.126. The van der Waals surface area contributed by atoms with Gasteiger partial charge in [-0.2, -0.15) is 0 Å². The molecule has 2 unspecified atom stereocenters. The minimum absolute atomic E-state index is 0.126. The van der Waals surface area contributed by atoms with Crippen molar-refractivity contribution in [2.75, 3.05) is 12.4 Å². The molecule has 26 heavy (non-hydrogen) atoms. The van der Waals surface area contributed by atoms with Crippen LogP contribution in [0.5, 0.6) is 5.75 Å². The van der Waals surface area contributed by atoms with E-state index in [1.54, 1.807) is 7.11 Å². The van der Waals surface area contributed by atoms with Crippen LogP contribution in [-0.4, -0.2) is 13.2 Å². The number of anilines is 1. The smallest absolute Gasteiger partial charge is 0.119 e. The van der Waals surface area contributed by atoms with E-state index in [4.69, 9.17) is 4.74 Å². The van der Waals surface area contributed by atoms with E-state index in [0.29, 0.717) is 0 Å². The predicted octanol–water partition coefficient (Wildman–Crippen LogP) is 5.71. The molecule has 0 heterocycles. The lowest BCUT2D eigenvalue weighted by atomic mass is 9.73. The molecule has 2 nitrogen and oxygen atoms in total. The highest BCUT2D eigenvalue weighted by molar-refractivity contribution is 5.83. The summed E-state index contributed by atoms with van der Waals surface area (Å²) in [6, 6.07) is 23.5. The number of ether oxygens (including phenoxy) is 1. The van der Waals surface area contributed by atoms with E-state index in [0.717, 1.165) is 11.4 Å². The Morgan fingerprint density at radius 2 is 1.65 bits per heavy atom. The summed E-state index contributed by atoms with van der Waals surface area (Å²) in [6.07, 6.45) is 8.78. The Kier molecular flexibility index (Phi) is 4.26. The van der Waals surface area contributed by atoms with E-state index in [1.807, 2.05) is 12.1 Å². The van der Waals surface area contributed by atoms with Gasteiger partial charge in [0, 0.05) is 11.1 Å². The number of hydrogen-bond donors (Lipinski definition) is 1. The van der Waals surface area contributed by atoms with Crippen LogP contribution in [0.15, 0.2) is 91.0 Å². The fraction of sp³-hybridized carbons (Fsp3) is 0.167. The standard InChI is InChI=1S/C24H23NO/c1-24(20-11-10-18-7-3-4-8-19(18)17-20)16-6-5-9-23(24)25-21-12-14-22(26-2)15-13-21/h3-17,23,25H,1-2H3. The van der Waals surface area contributed by atoms with Gasteiger partial charge < -0.3 is 10.1 Å². The third-order valence-electron chi connectivity index (χ3n) is 5.29. The van der Waals surface area contributed by atoms with E-state index in [2.05, 4.69) is 91.1 Å². The Morgan fingerprint density at radius 3 is 2.42 bits per heavy atom. The molecule has 0 aromatic heterocycles. The highest BCUT2D eigenvalue weighted by Crippen LogP contribution is 2.36. The Labute approximate surface area is 154 Å². The third-order valence-corrected chi connectivity index (χ3v) is 5.29. The van der Waals surface area contributed by atoms with Crippen molar-refractivity contribution in [1.29, 1.82) is 0 Å². The van der Waals surface area contributed by atoms with Gasteiger partial charge in [0.05, 0.1) is 13.2 Å². The molecule has 4 rings (SSSR count). The first-order chi connectivity index (χ1) is 12.7. The van der Waals surface area contributed by atoms with E-state index >= 15 is 0 Å². The van der Waals surface area contributed by atoms with Gasteiger partial charge in [0.2, 0.25) is 0 Å². The van der Waals surface area contributed by atoms with Gasteiger partial charge in [-0.3, -0.25) is 0 Å². The molecule has 2 heteroatoms. The molecule has 0 aliphatic heterocycles. The van der Waals surface area contributed by atoms with E-state index in [-0.39, 0.29) is 11.5 Å². The van der Waals surface area contributed by atoms with E-state index < -0.39 is 0 Å². The predicted molar refractivity (Wildman–Crippen MR) is 110 cm³/mol. The molecule has 0 saturated heterocycles. The number of allylic oxidation sites excluding steroid dienone is 2. The van der Waals surface area contributed by atoms with Gasteiger partial charge in [-0.05, 0) is 47.5 Å². The summed E-state index contributed by atoms with van der Waals surface area (Å²) in [5.41, 5.74) is 2.27. The monoisotopic (exact) mass is 341 g/mol. The summed E-state index contributed by atoms with van der Waals surface area (Å²) >= 11 is 0. The number of fused-ring (bicyclic) bond motifs is 1. The lowest BCUT2D eigenvalue weighted by Crippen LogP contribution is -2.40. The van der Waals surface area contributed by atoms with Gasteiger partial charge in [0.15, 0.2) is 0 Å². The Balaban J connectivity index is 1.68. The lowest BCUT2D eigenvalue weighted by molar-refractivity contribution is 0.415. The van der Waals surface area contributed by atoms with E-state index in [9.17, 15) is 0 Å². The van der Waals surface area contributed by atoms with Crippen LogP contribution in [0.2, 0.25) is 0 Å². The van der Waals surface area contributed by atoms with Crippen molar-refractivity contribution < 1.29 is 4.74 Å². The largest absolute Gasteiger partial charge is 0.497 e. The molecule has 1 N–H and O–H groups in total. The maximum atomic E-state index is 5.26. The van der Waals surface area contributed by atoms with Crippen LogP contribution in [-0.2, 0) is 5.41 Å². The van der Waals surface area contributed by atoms with Crippen molar-refractivity contribution in [1.82, 2.24) is 0 Å². The number of nitrogens with one attached hydrogen (secondary N) is 1. The molecule has 0 bridgehead atoms. The van der Waals surface area contributed by atoms with E-state index in [1.165, 1.54) is 16.3 Å². The van der Waals surface area contributed by atoms with Crippen LogP contribution in [0.3, 0.4) is 0 Å². The van der Waals surface area contributed by atoms with Gasteiger partial charge in [0.25, 0.3) is 0 Å². The summed E-state index contributed by atoms with van der Waals surface area (Å²) in [7, 11) is 1.69. The maximum Gasteiger partial charge on any atom is 0.119 e. The zero-order chi connectivity index (χ0) is 18.0. The van der Waals surface area contributed by atoms with Crippen LogP contribution in [0.25, 0.3) is 10.8 Å². The van der Waals surface area contributed by atoms with Gasteiger partial charge >= 0.3 is 0 Å². The highest BCUT2D eigenvalue weighted by atomic mass is 16.5. The Hall–Kier alpha value is -3.00. The molecule has 0 amide bonds. The number of methoxy groups -OCH3 is 1. The fourth-order valence-electron chi connectivity index (χ4n) is 3.60. The SMILES string of the molecule is COc1ccc(NC2C=CC=CC2(C)c2ccc3ccccc3c2)cc1. The topological polar surface area (TPSA) is 21.3 Å². The Bertz CT molecular complexity index is 971. The molecule has 130 valence electrons. The number of hydrogen-bond acceptors (Lipinski definition) is 2. The first-order valence-electron chi connectivity index (χ1n) is 8.95. The third kappa shape index (κ3) is 2.99. The van der Waals surface area contributed by atoms with Crippen LogP contribution in [0.1, 0.15) is 12.5 Å². The summed E-state index contributed by atoms with van der Waals surface area (Å²) < 4.78 is 5.26. The first kappa shape index (κ1) is 16.5.